The Kier molecular flexibility index (Phi) is 5.98. The lowest BCUT2D eigenvalue weighted by molar-refractivity contribution is 0.0939. The molecule has 0 radical (unpaired) electrons. The summed E-state index contributed by atoms with van der Waals surface area (Å²) >= 11 is 0. The Hall–Kier alpha value is -2.34. The van der Waals surface area contributed by atoms with Crippen LogP contribution in [-0.2, 0) is 0 Å². The van der Waals surface area contributed by atoms with Gasteiger partial charge < -0.3 is 19.7 Å². The number of ether oxygens (including phenoxy) is 1. The molecule has 6 heteroatoms. The number of hydrogen-bond acceptors (Lipinski definition) is 5. The fourth-order valence-corrected chi connectivity index (χ4v) is 2.30. The number of benzene rings is 1. The van der Waals surface area contributed by atoms with Gasteiger partial charge in [0, 0.05) is 19.2 Å². The summed E-state index contributed by atoms with van der Waals surface area (Å²) in [5.74, 6) is 0.868. The lowest BCUT2D eigenvalue weighted by atomic mass is 9.89. The lowest BCUT2D eigenvalue weighted by Crippen LogP contribution is -2.26. The predicted molar refractivity (Wildman–Crippen MR) is 90.9 cm³/mol. The highest BCUT2D eigenvalue weighted by molar-refractivity contribution is 5.93. The van der Waals surface area contributed by atoms with Crippen LogP contribution in [0.5, 0.6) is 5.75 Å². The number of hydrogen-bond donors (Lipinski definition) is 2. The summed E-state index contributed by atoms with van der Waals surface area (Å²) in [5.41, 5.74) is 0.851. The smallest absolute Gasteiger partial charge is 0.273 e. The minimum atomic E-state index is -0.276. The molecule has 2 N–H and O–H groups in total. The first-order valence-corrected chi connectivity index (χ1v) is 7.96. The van der Waals surface area contributed by atoms with Gasteiger partial charge in [-0.15, -0.1) is 0 Å². The highest BCUT2D eigenvalue weighted by Crippen LogP contribution is 2.29. The molecule has 0 spiro atoms. The molecule has 0 atom stereocenters. The number of para-hydroxylation sites is 1. The molecule has 1 heterocycles. The van der Waals surface area contributed by atoms with Gasteiger partial charge in [-0.25, -0.2) is 0 Å². The molecule has 1 amide bonds. The lowest BCUT2D eigenvalue weighted by Gasteiger charge is -2.20. The fraction of sp³-hybridized carbons (Fsp3) is 0.444. The Morgan fingerprint density at radius 3 is 2.83 bits per heavy atom. The number of carbonyl (C=O) groups excluding carboxylic acids is 1. The molecule has 0 fully saturated rings. The van der Waals surface area contributed by atoms with E-state index in [1.54, 1.807) is 13.2 Å². The number of methoxy groups -OCH3 is 1. The highest BCUT2D eigenvalue weighted by atomic mass is 16.5. The Bertz CT molecular complexity index is 679. The van der Waals surface area contributed by atoms with E-state index in [0.717, 1.165) is 18.4 Å². The Balaban J connectivity index is 1.94. The van der Waals surface area contributed by atoms with Gasteiger partial charge in [-0.2, -0.15) is 0 Å². The van der Waals surface area contributed by atoms with E-state index in [1.165, 1.54) is 0 Å². The second-order valence-electron chi connectivity index (χ2n) is 6.46. The van der Waals surface area contributed by atoms with Crippen molar-refractivity contribution in [2.24, 2.45) is 5.41 Å². The number of aromatic nitrogens is 1. The number of amides is 1. The summed E-state index contributed by atoms with van der Waals surface area (Å²) in [6.07, 6.45) is 1.62. The first kappa shape index (κ1) is 18.0. The molecule has 0 saturated carbocycles. The molecule has 0 aliphatic heterocycles. The Morgan fingerprint density at radius 1 is 1.38 bits per heavy atom. The van der Waals surface area contributed by atoms with E-state index in [9.17, 15) is 9.90 Å². The van der Waals surface area contributed by atoms with Crippen LogP contribution in [-0.4, -0.2) is 36.4 Å². The molecule has 0 saturated heterocycles. The average Bonchev–Trinajstić information content (AvgIpc) is 3.08. The van der Waals surface area contributed by atoms with Gasteiger partial charge in [0.25, 0.3) is 5.91 Å². The fourth-order valence-electron chi connectivity index (χ4n) is 2.30. The van der Waals surface area contributed by atoms with E-state index in [2.05, 4.69) is 10.5 Å². The topological polar surface area (TPSA) is 84.6 Å². The monoisotopic (exact) mass is 332 g/mol. The van der Waals surface area contributed by atoms with Gasteiger partial charge in [0.2, 0.25) is 0 Å². The van der Waals surface area contributed by atoms with Crippen LogP contribution < -0.4 is 10.1 Å². The van der Waals surface area contributed by atoms with Crippen LogP contribution in [0.1, 0.15) is 37.2 Å². The van der Waals surface area contributed by atoms with Crippen molar-refractivity contribution >= 4 is 5.91 Å². The van der Waals surface area contributed by atoms with Crippen molar-refractivity contribution in [2.45, 2.75) is 26.7 Å². The number of nitrogens with zero attached hydrogens (tertiary/aromatic N) is 1. The van der Waals surface area contributed by atoms with E-state index >= 15 is 0 Å². The number of rotatable bonds is 8. The number of aliphatic hydroxyl groups is 1. The van der Waals surface area contributed by atoms with Gasteiger partial charge in [0.1, 0.15) is 5.75 Å². The predicted octanol–water partition coefficient (Wildman–Crippen LogP) is 2.88. The first-order valence-electron chi connectivity index (χ1n) is 7.96. The van der Waals surface area contributed by atoms with Gasteiger partial charge in [-0.3, -0.25) is 4.79 Å². The van der Waals surface area contributed by atoms with E-state index in [-0.39, 0.29) is 23.6 Å². The van der Waals surface area contributed by atoms with E-state index in [1.807, 2.05) is 38.1 Å². The largest absolute Gasteiger partial charge is 0.496 e. The van der Waals surface area contributed by atoms with Crippen molar-refractivity contribution in [2.75, 3.05) is 20.3 Å². The van der Waals surface area contributed by atoms with Crippen LogP contribution in [0.3, 0.4) is 0 Å². The van der Waals surface area contributed by atoms with Gasteiger partial charge in [0.15, 0.2) is 11.5 Å². The van der Waals surface area contributed by atoms with E-state index in [4.69, 9.17) is 9.26 Å². The van der Waals surface area contributed by atoms with Gasteiger partial charge in [-0.05, 0) is 30.4 Å². The van der Waals surface area contributed by atoms with Crippen LogP contribution >= 0.6 is 0 Å². The maximum absolute atomic E-state index is 12.1. The minimum Gasteiger partial charge on any atom is -0.496 e. The van der Waals surface area contributed by atoms with Crippen molar-refractivity contribution < 1.29 is 19.2 Å². The zero-order chi connectivity index (χ0) is 17.6. The molecule has 24 heavy (non-hydrogen) atoms. The van der Waals surface area contributed by atoms with Gasteiger partial charge >= 0.3 is 0 Å². The second kappa shape index (κ2) is 7.97. The minimum absolute atomic E-state index is 0.129. The maximum atomic E-state index is 12.1. The van der Waals surface area contributed by atoms with Crippen LogP contribution in [0.15, 0.2) is 34.9 Å². The molecular formula is C18H24N2O4. The Labute approximate surface area is 141 Å². The van der Waals surface area contributed by atoms with Crippen molar-refractivity contribution in [1.82, 2.24) is 10.5 Å². The molecule has 2 aromatic rings. The molecular weight excluding hydrogens is 308 g/mol. The third-order valence-corrected chi connectivity index (χ3v) is 3.86. The average molecular weight is 332 g/mol. The molecule has 0 aliphatic rings. The Morgan fingerprint density at radius 2 is 2.12 bits per heavy atom. The highest BCUT2D eigenvalue weighted by Gasteiger charge is 2.18. The van der Waals surface area contributed by atoms with Crippen molar-refractivity contribution in [3.05, 3.63) is 36.0 Å². The van der Waals surface area contributed by atoms with Gasteiger partial charge in [0.05, 0.1) is 12.7 Å². The van der Waals surface area contributed by atoms with Crippen LogP contribution in [0, 0.1) is 5.41 Å². The normalized spacial score (nSPS) is 11.3. The summed E-state index contributed by atoms with van der Waals surface area (Å²) in [4.78, 5) is 12.1. The molecule has 130 valence electrons. The molecule has 1 aromatic heterocycles. The second-order valence-corrected chi connectivity index (χ2v) is 6.46. The number of carbonyl (C=O) groups is 1. The maximum Gasteiger partial charge on any atom is 0.273 e. The molecule has 0 unspecified atom stereocenters. The zero-order valence-corrected chi connectivity index (χ0v) is 14.3. The number of aliphatic hydroxyl groups excluding tert-OH is 1. The molecule has 1 aromatic carbocycles. The summed E-state index contributed by atoms with van der Waals surface area (Å²) in [7, 11) is 1.58. The third-order valence-electron chi connectivity index (χ3n) is 3.86. The van der Waals surface area contributed by atoms with Crippen LogP contribution in [0.25, 0.3) is 11.3 Å². The van der Waals surface area contributed by atoms with Crippen LogP contribution in [0.4, 0.5) is 0 Å². The summed E-state index contributed by atoms with van der Waals surface area (Å²) in [6.45, 7) is 4.64. The molecule has 0 bridgehead atoms. The first-order chi connectivity index (χ1) is 11.5. The molecule has 2 rings (SSSR count). The summed E-state index contributed by atoms with van der Waals surface area (Å²) in [6, 6.07) is 8.99. The SMILES string of the molecule is COc1ccccc1-c1cc(C(=O)NCCCC(C)(C)CO)no1. The molecule has 0 aliphatic carbocycles. The number of nitrogens with one attached hydrogen (secondary N) is 1. The zero-order valence-electron chi connectivity index (χ0n) is 14.3. The van der Waals surface area contributed by atoms with E-state index in [0.29, 0.717) is 18.1 Å². The van der Waals surface area contributed by atoms with Crippen molar-refractivity contribution in [3.8, 4) is 17.1 Å². The van der Waals surface area contributed by atoms with Crippen molar-refractivity contribution in [3.63, 3.8) is 0 Å². The van der Waals surface area contributed by atoms with E-state index < -0.39 is 0 Å². The van der Waals surface area contributed by atoms with Crippen molar-refractivity contribution in [1.29, 1.82) is 0 Å². The van der Waals surface area contributed by atoms with Gasteiger partial charge in [-0.1, -0.05) is 31.1 Å². The summed E-state index contributed by atoms with van der Waals surface area (Å²) < 4.78 is 10.6. The summed E-state index contributed by atoms with van der Waals surface area (Å²) in [5, 5.41) is 15.9. The third kappa shape index (κ3) is 4.58. The molecule has 6 nitrogen and oxygen atoms in total. The van der Waals surface area contributed by atoms with Crippen LogP contribution in [0.2, 0.25) is 0 Å². The quantitative estimate of drug-likeness (QED) is 0.726. The standard InChI is InChI=1S/C18H24N2O4/c1-18(2,12-21)9-6-10-19-17(22)14-11-16(24-20-14)13-7-4-5-8-15(13)23-3/h4-5,7-8,11,21H,6,9-10,12H2,1-3H3,(H,19,22).